The minimum Gasteiger partial charge on any atom is -0.497 e. The van der Waals surface area contributed by atoms with E-state index in [1.807, 2.05) is 20.8 Å². The number of nitrogens with one attached hydrogen (secondary N) is 1. The van der Waals surface area contributed by atoms with Crippen LogP contribution in [0.1, 0.15) is 38.3 Å². The van der Waals surface area contributed by atoms with Crippen LogP contribution in [-0.2, 0) is 26.2 Å². The molecule has 0 saturated heterocycles. The Morgan fingerprint density at radius 2 is 1.61 bits per heavy atom. The fourth-order valence-corrected chi connectivity index (χ4v) is 5.88. The molecule has 0 aliphatic rings. The van der Waals surface area contributed by atoms with Crippen LogP contribution in [0.4, 0.5) is 5.69 Å². The number of carbonyl (C=O) groups is 2. The van der Waals surface area contributed by atoms with Crippen molar-refractivity contribution in [2.45, 2.75) is 57.6 Å². The number of hydrogen-bond donors (Lipinski definition) is 1. The summed E-state index contributed by atoms with van der Waals surface area (Å²) in [5.41, 5.74) is 1.72. The van der Waals surface area contributed by atoms with Crippen LogP contribution in [0.2, 0.25) is 10.0 Å². The molecule has 2 atom stereocenters. The molecule has 0 aliphatic heterocycles. The van der Waals surface area contributed by atoms with Gasteiger partial charge in [-0.15, -0.1) is 0 Å². The first-order chi connectivity index (χ1) is 19.4. The van der Waals surface area contributed by atoms with Crippen LogP contribution >= 0.6 is 23.2 Å². The van der Waals surface area contributed by atoms with Gasteiger partial charge in [0.1, 0.15) is 18.3 Å². The molecule has 41 heavy (non-hydrogen) atoms. The maximum Gasteiger partial charge on any atom is 0.264 e. The molecule has 3 aromatic rings. The number of benzene rings is 3. The topological polar surface area (TPSA) is 96.0 Å². The van der Waals surface area contributed by atoms with Gasteiger partial charge in [-0.05, 0) is 81.3 Å². The first-order valence-corrected chi connectivity index (χ1v) is 15.3. The number of anilines is 1. The Balaban J connectivity index is 2.05. The molecule has 1 N–H and O–H groups in total. The van der Waals surface area contributed by atoms with Gasteiger partial charge in [0.25, 0.3) is 10.0 Å². The summed E-state index contributed by atoms with van der Waals surface area (Å²) in [4.78, 5) is 28.5. The van der Waals surface area contributed by atoms with Gasteiger partial charge in [-0.25, -0.2) is 8.42 Å². The zero-order valence-corrected chi connectivity index (χ0v) is 26.1. The standard InChI is InChI=1S/C30H35Cl2N3O5S/c1-6-21(3)33-30(37)22(4)34(18-23-9-10-24(31)17-28(23)32)29(36)19-35(25-11-13-26(40-5)14-12-25)41(38,39)27-15-7-20(2)8-16-27/h7-17,21-22H,6,18-19H2,1-5H3,(H,33,37)/t21-,22-/m0/s1. The zero-order valence-electron chi connectivity index (χ0n) is 23.7. The van der Waals surface area contributed by atoms with E-state index in [1.54, 1.807) is 61.5 Å². The molecule has 0 bridgehead atoms. The second-order valence-electron chi connectivity index (χ2n) is 9.77. The predicted octanol–water partition coefficient (Wildman–Crippen LogP) is 5.84. The third kappa shape index (κ3) is 8.15. The van der Waals surface area contributed by atoms with Gasteiger partial charge >= 0.3 is 0 Å². The third-order valence-corrected chi connectivity index (χ3v) is 9.15. The number of halogens is 2. The van der Waals surface area contributed by atoms with Crippen LogP contribution in [0.3, 0.4) is 0 Å². The summed E-state index contributed by atoms with van der Waals surface area (Å²) in [5.74, 6) is -0.424. The van der Waals surface area contributed by atoms with Crippen LogP contribution in [-0.4, -0.2) is 50.9 Å². The first-order valence-electron chi connectivity index (χ1n) is 13.1. The Morgan fingerprint density at radius 3 is 2.17 bits per heavy atom. The maximum absolute atomic E-state index is 14.0. The lowest BCUT2D eigenvalue weighted by Gasteiger charge is -2.32. The Labute approximate surface area is 252 Å². The number of methoxy groups -OCH3 is 1. The van der Waals surface area contributed by atoms with Gasteiger partial charge in [-0.2, -0.15) is 0 Å². The van der Waals surface area contributed by atoms with Gasteiger partial charge in [0.2, 0.25) is 11.8 Å². The van der Waals surface area contributed by atoms with Gasteiger partial charge in [0, 0.05) is 22.6 Å². The fourth-order valence-electron chi connectivity index (χ4n) is 4.00. The molecule has 0 saturated carbocycles. The number of nitrogens with zero attached hydrogens (tertiary/aromatic N) is 2. The van der Waals surface area contributed by atoms with Crippen molar-refractivity contribution >= 4 is 50.7 Å². The van der Waals surface area contributed by atoms with Gasteiger partial charge in [0.05, 0.1) is 17.7 Å². The molecule has 0 unspecified atom stereocenters. The summed E-state index contributed by atoms with van der Waals surface area (Å²) in [5, 5.41) is 3.65. The van der Waals surface area contributed by atoms with Gasteiger partial charge in [-0.1, -0.05) is 53.9 Å². The van der Waals surface area contributed by atoms with E-state index < -0.39 is 28.5 Å². The molecular formula is C30H35Cl2N3O5S. The second kappa shape index (κ2) is 14.1. The van der Waals surface area contributed by atoms with E-state index in [4.69, 9.17) is 27.9 Å². The normalized spacial score (nSPS) is 12.8. The van der Waals surface area contributed by atoms with Crippen molar-refractivity contribution in [1.29, 1.82) is 0 Å². The predicted molar refractivity (Wildman–Crippen MR) is 163 cm³/mol. The molecule has 0 spiro atoms. The molecular weight excluding hydrogens is 585 g/mol. The minimum atomic E-state index is -4.17. The number of amides is 2. The van der Waals surface area contributed by atoms with Crippen molar-refractivity contribution in [3.05, 3.63) is 87.9 Å². The van der Waals surface area contributed by atoms with Crippen LogP contribution in [0.25, 0.3) is 0 Å². The monoisotopic (exact) mass is 619 g/mol. The number of carbonyl (C=O) groups excluding carboxylic acids is 2. The van der Waals surface area contributed by atoms with E-state index in [2.05, 4.69) is 5.32 Å². The Bertz CT molecular complexity index is 1460. The molecule has 220 valence electrons. The molecule has 2 amide bonds. The number of rotatable bonds is 12. The van der Waals surface area contributed by atoms with Crippen LogP contribution in [0, 0.1) is 6.92 Å². The van der Waals surface area contributed by atoms with E-state index >= 15 is 0 Å². The number of ether oxygens (including phenoxy) is 1. The Hall–Kier alpha value is -3.27. The van der Waals surface area contributed by atoms with Gasteiger partial charge in [-0.3, -0.25) is 13.9 Å². The van der Waals surface area contributed by atoms with E-state index in [0.717, 1.165) is 9.87 Å². The van der Waals surface area contributed by atoms with Crippen molar-refractivity contribution in [1.82, 2.24) is 10.2 Å². The summed E-state index contributed by atoms with van der Waals surface area (Å²) in [7, 11) is -2.67. The SMILES string of the molecule is CC[C@H](C)NC(=O)[C@H](C)N(Cc1ccc(Cl)cc1Cl)C(=O)CN(c1ccc(OC)cc1)S(=O)(=O)c1ccc(C)cc1. The molecule has 0 heterocycles. The van der Waals surface area contributed by atoms with Crippen molar-refractivity contribution in [3.8, 4) is 5.75 Å². The van der Waals surface area contributed by atoms with Crippen LogP contribution in [0.15, 0.2) is 71.6 Å². The highest BCUT2D eigenvalue weighted by Crippen LogP contribution is 2.28. The lowest BCUT2D eigenvalue weighted by atomic mass is 10.1. The highest BCUT2D eigenvalue weighted by Gasteiger charge is 2.33. The lowest BCUT2D eigenvalue weighted by Crippen LogP contribution is -2.52. The second-order valence-corrected chi connectivity index (χ2v) is 12.5. The largest absolute Gasteiger partial charge is 0.497 e. The average molecular weight is 621 g/mol. The summed E-state index contributed by atoms with van der Waals surface area (Å²) in [6, 6.07) is 16.6. The van der Waals surface area contributed by atoms with Crippen LogP contribution in [0.5, 0.6) is 5.75 Å². The number of hydrogen-bond acceptors (Lipinski definition) is 5. The van der Waals surface area contributed by atoms with Crippen LogP contribution < -0.4 is 14.4 Å². The smallest absolute Gasteiger partial charge is 0.264 e. The Morgan fingerprint density at radius 1 is 0.976 bits per heavy atom. The zero-order chi connectivity index (χ0) is 30.3. The summed E-state index contributed by atoms with van der Waals surface area (Å²) >= 11 is 12.5. The molecule has 3 rings (SSSR count). The molecule has 0 aliphatic carbocycles. The summed E-state index contributed by atoms with van der Waals surface area (Å²) in [6.45, 7) is 6.67. The van der Waals surface area contributed by atoms with Crippen molar-refractivity contribution in [2.75, 3.05) is 18.0 Å². The third-order valence-electron chi connectivity index (χ3n) is 6.77. The Kier molecular flexibility index (Phi) is 11.1. The maximum atomic E-state index is 14.0. The molecule has 8 nitrogen and oxygen atoms in total. The van der Waals surface area contributed by atoms with E-state index in [9.17, 15) is 18.0 Å². The molecule has 3 aromatic carbocycles. The highest BCUT2D eigenvalue weighted by molar-refractivity contribution is 7.92. The molecule has 0 aromatic heterocycles. The van der Waals surface area contributed by atoms with E-state index in [0.29, 0.717) is 27.8 Å². The fraction of sp³-hybridized carbons (Fsp3) is 0.333. The molecule has 0 fully saturated rings. The van der Waals surface area contributed by atoms with Gasteiger partial charge < -0.3 is 15.0 Å². The molecule has 0 radical (unpaired) electrons. The molecule has 11 heteroatoms. The van der Waals surface area contributed by atoms with Crippen molar-refractivity contribution in [3.63, 3.8) is 0 Å². The first kappa shape index (κ1) is 32.2. The number of sulfonamides is 1. The van der Waals surface area contributed by atoms with E-state index in [-0.39, 0.29) is 29.1 Å². The quantitative estimate of drug-likeness (QED) is 0.275. The highest BCUT2D eigenvalue weighted by atomic mass is 35.5. The van der Waals surface area contributed by atoms with Crippen molar-refractivity contribution < 1.29 is 22.7 Å². The van der Waals surface area contributed by atoms with Crippen molar-refractivity contribution in [2.24, 2.45) is 0 Å². The number of aryl methyl sites for hydroxylation is 1. The summed E-state index contributed by atoms with van der Waals surface area (Å²) in [6.07, 6.45) is 0.704. The lowest BCUT2D eigenvalue weighted by molar-refractivity contribution is -0.139. The summed E-state index contributed by atoms with van der Waals surface area (Å²) < 4.78 is 34.1. The average Bonchev–Trinajstić information content (AvgIpc) is 2.95. The van der Waals surface area contributed by atoms with Gasteiger partial charge in [0.15, 0.2) is 0 Å². The van der Waals surface area contributed by atoms with E-state index in [1.165, 1.54) is 24.1 Å². The minimum absolute atomic E-state index is 0.0292.